The molecule has 5 rings (SSSR count). The van der Waals surface area contributed by atoms with E-state index in [1.807, 2.05) is 0 Å². The summed E-state index contributed by atoms with van der Waals surface area (Å²) in [6.45, 7) is 3.15. The first kappa shape index (κ1) is 29.1. The van der Waals surface area contributed by atoms with Crippen LogP contribution in [-0.2, 0) is 0 Å². The van der Waals surface area contributed by atoms with Gasteiger partial charge in [-0.15, -0.1) is 0 Å². The number of nitrogens with one attached hydrogen (secondary N) is 1. The molecule has 9 heteroatoms. The van der Waals surface area contributed by atoms with Crippen molar-refractivity contribution in [3.8, 4) is 0 Å². The minimum atomic E-state index is -4.60. The van der Waals surface area contributed by atoms with Crippen LogP contribution in [0.2, 0.25) is 0 Å². The molecule has 218 valence electrons. The molecule has 0 bridgehead atoms. The third-order valence-electron chi connectivity index (χ3n) is 9.21. The molecule has 0 aromatic heterocycles. The van der Waals surface area contributed by atoms with Gasteiger partial charge in [0, 0.05) is 49.2 Å². The molecule has 3 aliphatic carbocycles. The molecule has 5 nitrogen and oxygen atoms in total. The molecule has 40 heavy (non-hydrogen) atoms. The molecule has 2 saturated carbocycles. The summed E-state index contributed by atoms with van der Waals surface area (Å²) in [5, 5.41) is 15.3. The number of halogens is 4. The Morgan fingerprint density at radius 1 is 1.07 bits per heavy atom. The van der Waals surface area contributed by atoms with E-state index in [0.29, 0.717) is 35.8 Å². The Kier molecular flexibility index (Phi) is 9.20. The van der Waals surface area contributed by atoms with Crippen LogP contribution >= 0.6 is 0 Å². The number of allylic oxidation sites excluding steroid dienone is 5. The summed E-state index contributed by atoms with van der Waals surface area (Å²) in [6.07, 6.45) is 9.90. The van der Waals surface area contributed by atoms with Crippen LogP contribution in [0.3, 0.4) is 0 Å². The minimum Gasteiger partial charge on any atom is -0.368 e. The van der Waals surface area contributed by atoms with Crippen molar-refractivity contribution in [2.75, 3.05) is 6.54 Å². The fourth-order valence-corrected chi connectivity index (χ4v) is 6.50. The van der Waals surface area contributed by atoms with Gasteiger partial charge in [0.25, 0.3) is 0 Å². The van der Waals surface area contributed by atoms with Crippen LogP contribution in [0.5, 0.6) is 0 Å². The molecule has 5 atom stereocenters. The molecule has 0 aromatic rings. The quantitative estimate of drug-likeness (QED) is 0.331. The van der Waals surface area contributed by atoms with E-state index in [-0.39, 0.29) is 36.0 Å². The number of alkyl halides is 3. The van der Waals surface area contributed by atoms with Gasteiger partial charge in [-0.3, -0.25) is 9.98 Å². The average Bonchev–Trinajstić information content (AvgIpc) is 3.14. The third kappa shape index (κ3) is 6.90. The topological polar surface area (TPSA) is 69.3 Å². The minimum absolute atomic E-state index is 0.0459. The molecule has 0 saturated heterocycles. The fourth-order valence-electron chi connectivity index (χ4n) is 6.50. The van der Waals surface area contributed by atoms with E-state index >= 15 is 0 Å². The van der Waals surface area contributed by atoms with Gasteiger partial charge in [0.05, 0.1) is 5.70 Å². The maximum absolute atomic E-state index is 13.7. The first-order valence-electron chi connectivity index (χ1n) is 14.8. The molecule has 2 aliphatic heterocycles. The van der Waals surface area contributed by atoms with Gasteiger partial charge in [0.2, 0.25) is 0 Å². The predicted molar refractivity (Wildman–Crippen MR) is 151 cm³/mol. The zero-order valence-corrected chi connectivity index (χ0v) is 23.1. The van der Waals surface area contributed by atoms with Gasteiger partial charge >= 0.3 is 6.18 Å². The summed E-state index contributed by atoms with van der Waals surface area (Å²) in [4.78, 5) is 13.1. The van der Waals surface area contributed by atoms with Gasteiger partial charge < -0.3 is 10.4 Å². The van der Waals surface area contributed by atoms with E-state index < -0.39 is 24.5 Å². The molecular weight excluding hydrogens is 520 g/mol. The summed E-state index contributed by atoms with van der Waals surface area (Å²) in [7, 11) is 0. The third-order valence-corrected chi connectivity index (χ3v) is 9.21. The van der Waals surface area contributed by atoms with Crippen LogP contribution in [-0.4, -0.2) is 53.8 Å². The molecule has 2 N–H and O–H groups in total. The van der Waals surface area contributed by atoms with E-state index in [1.54, 1.807) is 0 Å². The lowest BCUT2D eigenvalue weighted by Gasteiger charge is -2.44. The van der Waals surface area contributed by atoms with E-state index in [0.717, 1.165) is 37.9 Å². The highest BCUT2D eigenvalue weighted by molar-refractivity contribution is 5.92. The maximum atomic E-state index is 13.7. The molecule has 0 radical (unpaired) electrons. The molecule has 5 aliphatic rings. The van der Waals surface area contributed by atoms with Crippen molar-refractivity contribution in [2.24, 2.45) is 32.7 Å². The summed E-state index contributed by atoms with van der Waals surface area (Å²) in [5.74, 6) is 1.39. The molecule has 0 spiro atoms. The van der Waals surface area contributed by atoms with Crippen LogP contribution in [0, 0.1) is 17.8 Å². The number of rotatable bonds is 7. The van der Waals surface area contributed by atoms with Gasteiger partial charge in [-0.25, -0.2) is 9.38 Å². The highest BCUT2D eigenvalue weighted by atomic mass is 19.4. The van der Waals surface area contributed by atoms with E-state index in [4.69, 9.17) is 0 Å². The summed E-state index contributed by atoms with van der Waals surface area (Å²) < 4.78 is 54.6. The maximum Gasteiger partial charge on any atom is 0.429 e. The lowest BCUT2D eigenvalue weighted by molar-refractivity contribution is -0.0599. The zero-order valence-electron chi connectivity index (χ0n) is 23.1. The molecule has 0 amide bonds. The van der Waals surface area contributed by atoms with Crippen molar-refractivity contribution in [3.63, 3.8) is 0 Å². The van der Waals surface area contributed by atoms with Crippen molar-refractivity contribution >= 4 is 17.6 Å². The Morgan fingerprint density at radius 2 is 1.90 bits per heavy atom. The Hall–Kier alpha value is -2.39. The van der Waals surface area contributed by atoms with Crippen LogP contribution < -0.4 is 5.32 Å². The Balaban J connectivity index is 1.39. The Morgan fingerprint density at radius 3 is 2.55 bits per heavy atom. The molecule has 5 unspecified atom stereocenters. The van der Waals surface area contributed by atoms with Crippen molar-refractivity contribution in [1.29, 1.82) is 0 Å². The van der Waals surface area contributed by atoms with E-state index in [1.165, 1.54) is 43.6 Å². The zero-order chi connectivity index (χ0) is 28.3. The SMILES string of the molecule is CC1CCC(=NC(O)C2=C(C3=CC=C(F)CC3)N=C(C(F)(F)F)CC=C2)CC1NC(C1CC=NCC1)C1CCC1. The van der Waals surface area contributed by atoms with Gasteiger partial charge in [-0.2, -0.15) is 13.2 Å². The standard InChI is InChI=1S/C31H40F4N4O/c1-19-8-13-24(18-26(19)38-28(20-4-2-5-20)22-14-16-36-17-15-22)37-30(40)25-6-3-7-27(31(33,34)35)39-29(25)21-9-11-23(32)12-10-21/h3,6,9,11,16,19-20,22,26,28,30,38,40H,2,4-5,7-8,10,12-15,17-18H2,1H3. The lowest BCUT2D eigenvalue weighted by Crippen LogP contribution is -2.53. The Labute approximate surface area is 234 Å². The summed E-state index contributed by atoms with van der Waals surface area (Å²) >= 11 is 0. The average molecular weight is 561 g/mol. The highest BCUT2D eigenvalue weighted by Crippen LogP contribution is 2.38. The number of nitrogens with zero attached hydrogens (tertiary/aromatic N) is 3. The van der Waals surface area contributed by atoms with Crippen LogP contribution in [0.25, 0.3) is 0 Å². The van der Waals surface area contributed by atoms with Gasteiger partial charge in [-0.1, -0.05) is 31.6 Å². The smallest absolute Gasteiger partial charge is 0.368 e. The van der Waals surface area contributed by atoms with Crippen molar-refractivity contribution in [3.05, 3.63) is 47.0 Å². The fraction of sp³-hybridized carbons (Fsp3) is 0.645. The number of aliphatic imine (C=N–C) groups is 3. The summed E-state index contributed by atoms with van der Waals surface area (Å²) in [6, 6.07) is 0.671. The second-order valence-electron chi connectivity index (χ2n) is 11.9. The second-order valence-corrected chi connectivity index (χ2v) is 11.9. The molecule has 2 fully saturated rings. The number of aliphatic hydroxyl groups is 1. The van der Waals surface area contributed by atoms with Crippen LogP contribution in [0.4, 0.5) is 17.6 Å². The monoisotopic (exact) mass is 560 g/mol. The molecule has 0 aromatic carbocycles. The number of hydrogen-bond acceptors (Lipinski definition) is 5. The van der Waals surface area contributed by atoms with Crippen LogP contribution in [0.15, 0.2) is 62.0 Å². The first-order chi connectivity index (χ1) is 19.2. The van der Waals surface area contributed by atoms with Gasteiger partial charge in [0.1, 0.15) is 11.5 Å². The van der Waals surface area contributed by atoms with Crippen molar-refractivity contribution in [1.82, 2.24) is 5.32 Å². The lowest BCUT2D eigenvalue weighted by atomic mass is 9.71. The summed E-state index contributed by atoms with van der Waals surface area (Å²) in [5.41, 5.74) is 0.680. The van der Waals surface area contributed by atoms with Crippen molar-refractivity contribution < 1.29 is 22.7 Å². The van der Waals surface area contributed by atoms with Gasteiger partial charge in [0.15, 0.2) is 6.23 Å². The highest BCUT2D eigenvalue weighted by Gasteiger charge is 2.38. The van der Waals surface area contributed by atoms with Crippen molar-refractivity contribution in [2.45, 2.75) is 102 Å². The Bertz CT molecular complexity index is 1160. The predicted octanol–water partition coefficient (Wildman–Crippen LogP) is 6.96. The largest absolute Gasteiger partial charge is 0.429 e. The van der Waals surface area contributed by atoms with E-state index in [2.05, 4.69) is 33.4 Å². The van der Waals surface area contributed by atoms with E-state index in [9.17, 15) is 22.7 Å². The molecular formula is C31H40F4N4O. The number of hydrogen-bond donors (Lipinski definition) is 2. The first-order valence-corrected chi connectivity index (χ1v) is 14.8. The van der Waals surface area contributed by atoms with Crippen LogP contribution in [0.1, 0.15) is 77.6 Å². The molecule has 2 heterocycles. The second kappa shape index (κ2) is 12.6. The number of aliphatic hydroxyl groups excluding tert-OH is 1. The normalized spacial score (nSPS) is 30.8. The van der Waals surface area contributed by atoms with Gasteiger partial charge in [-0.05, 0) is 80.6 Å².